The van der Waals surface area contributed by atoms with Crippen molar-refractivity contribution >= 4 is 10.0 Å². The maximum atomic E-state index is 12.8. The van der Waals surface area contributed by atoms with Gasteiger partial charge in [-0.1, -0.05) is 17.7 Å². The summed E-state index contributed by atoms with van der Waals surface area (Å²) < 4.78 is 27.3. The minimum atomic E-state index is -3.40. The first kappa shape index (κ1) is 14.5. The van der Waals surface area contributed by atoms with E-state index in [0.29, 0.717) is 24.5 Å². The number of hydrogen-bond acceptors (Lipinski definition) is 3. The Morgan fingerprint density at radius 1 is 1.21 bits per heavy atom. The van der Waals surface area contributed by atoms with Crippen molar-refractivity contribution in [1.82, 2.24) is 9.62 Å². The van der Waals surface area contributed by atoms with E-state index in [9.17, 15) is 8.42 Å². The highest BCUT2D eigenvalue weighted by Gasteiger charge is 2.32. The third-order valence-corrected chi connectivity index (χ3v) is 5.93. The van der Waals surface area contributed by atoms with Gasteiger partial charge in [-0.25, -0.2) is 8.42 Å². The highest BCUT2D eigenvalue weighted by molar-refractivity contribution is 7.89. The molecule has 1 aromatic carbocycles. The molecule has 0 aromatic heterocycles. The van der Waals surface area contributed by atoms with Gasteiger partial charge in [0.25, 0.3) is 0 Å². The van der Waals surface area contributed by atoms with Crippen LogP contribution >= 0.6 is 0 Å². The summed E-state index contributed by atoms with van der Waals surface area (Å²) in [4.78, 5) is 0.479. The van der Waals surface area contributed by atoms with E-state index < -0.39 is 10.0 Å². The summed E-state index contributed by atoms with van der Waals surface area (Å²) >= 11 is 0. The Labute approximate surface area is 115 Å². The zero-order valence-corrected chi connectivity index (χ0v) is 12.8. The van der Waals surface area contributed by atoms with Gasteiger partial charge in [0.2, 0.25) is 10.0 Å². The number of aryl methyl sites for hydroxylation is 3. The summed E-state index contributed by atoms with van der Waals surface area (Å²) in [5.41, 5.74) is 2.77. The molecular formula is C14H22N2O2S. The SMILES string of the molecule is Cc1cc(C)c(S(=O)(=O)N2CCNCC2C)c(C)c1. The maximum Gasteiger partial charge on any atom is 0.243 e. The second kappa shape index (κ2) is 5.23. The van der Waals surface area contributed by atoms with Crippen molar-refractivity contribution in [3.8, 4) is 0 Å². The van der Waals surface area contributed by atoms with Gasteiger partial charge in [-0.3, -0.25) is 0 Å². The Morgan fingerprint density at radius 2 is 1.79 bits per heavy atom. The minimum Gasteiger partial charge on any atom is -0.314 e. The van der Waals surface area contributed by atoms with Crippen molar-refractivity contribution in [3.05, 3.63) is 28.8 Å². The van der Waals surface area contributed by atoms with Crippen molar-refractivity contribution in [2.24, 2.45) is 0 Å². The van der Waals surface area contributed by atoms with Crippen LogP contribution in [0.3, 0.4) is 0 Å². The van der Waals surface area contributed by atoms with Crippen molar-refractivity contribution in [2.45, 2.75) is 38.6 Å². The highest BCUT2D eigenvalue weighted by atomic mass is 32.2. The lowest BCUT2D eigenvalue weighted by Crippen LogP contribution is -2.52. The van der Waals surface area contributed by atoms with Gasteiger partial charge in [0.1, 0.15) is 0 Å². The molecule has 1 N–H and O–H groups in total. The predicted octanol–water partition coefficient (Wildman–Crippen LogP) is 1.59. The van der Waals surface area contributed by atoms with Crippen molar-refractivity contribution < 1.29 is 8.42 Å². The normalized spacial score (nSPS) is 21.6. The van der Waals surface area contributed by atoms with Crippen LogP contribution in [0.4, 0.5) is 0 Å². The lowest BCUT2D eigenvalue weighted by molar-refractivity contribution is 0.283. The quantitative estimate of drug-likeness (QED) is 0.896. The number of rotatable bonds is 2. The second-order valence-corrected chi connectivity index (χ2v) is 7.22. The van der Waals surface area contributed by atoms with Gasteiger partial charge >= 0.3 is 0 Å². The van der Waals surface area contributed by atoms with Crippen LogP contribution < -0.4 is 5.32 Å². The standard InChI is InChI=1S/C14H22N2O2S/c1-10-7-11(2)14(12(3)8-10)19(17,18)16-6-5-15-9-13(16)4/h7-8,13,15H,5-6,9H2,1-4H3. The fraction of sp³-hybridized carbons (Fsp3) is 0.571. The van der Waals surface area contributed by atoms with Crippen LogP contribution in [-0.4, -0.2) is 38.4 Å². The molecular weight excluding hydrogens is 260 g/mol. The van der Waals surface area contributed by atoms with Crippen LogP contribution in [0.25, 0.3) is 0 Å². The molecule has 1 atom stereocenters. The van der Waals surface area contributed by atoms with E-state index >= 15 is 0 Å². The summed E-state index contributed by atoms with van der Waals surface area (Å²) in [6, 6.07) is 3.87. The Kier molecular flexibility index (Phi) is 3.99. The fourth-order valence-corrected chi connectivity index (χ4v) is 4.92. The molecule has 1 saturated heterocycles. The van der Waals surface area contributed by atoms with Crippen LogP contribution in [0, 0.1) is 20.8 Å². The zero-order valence-electron chi connectivity index (χ0n) is 12.0. The van der Waals surface area contributed by atoms with Gasteiger partial charge in [0.15, 0.2) is 0 Å². The van der Waals surface area contributed by atoms with Crippen molar-refractivity contribution in [1.29, 1.82) is 0 Å². The Balaban J connectivity index is 2.50. The Morgan fingerprint density at radius 3 is 2.32 bits per heavy atom. The molecule has 0 saturated carbocycles. The molecule has 4 nitrogen and oxygen atoms in total. The van der Waals surface area contributed by atoms with E-state index in [0.717, 1.165) is 16.7 Å². The molecule has 1 aliphatic rings. The predicted molar refractivity (Wildman–Crippen MR) is 76.9 cm³/mol. The van der Waals surface area contributed by atoms with Crippen molar-refractivity contribution in [3.63, 3.8) is 0 Å². The van der Waals surface area contributed by atoms with E-state index in [-0.39, 0.29) is 6.04 Å². The average molecular weight is 282 g/mol. The molecule has 1 aliphatic heterocycles. The molecule has 0 aliphatic carbocycles. The van der Waals surface area contributed by atoms with Gasteiger partial charge in [-0.05, 0) is 38.8 Å². The number of nitrogens with one attached hydrogen (secondary N) is 1. The van der Waals surface area contributed by atoms with Gasteiger partial charge in [-0.2, -0.15) is 4.31 Å². The molecule has 5 heteroatoms. The molecule has 0 bridgehead atoms. The minimum absolute atomic E-state index is 0.00106. The average Bonchev–Trinajstić information content (AvgIpc) is 2.27. The number of benzene rings is 1. The van der Waals surface area contributed by atoms with Gasteiger partial charge in [0.05, 0.1) is 4.90 Å². The number of hydrogen-bond donors (Lipinski definition) is 1. The maximum absolute atomic E-state index is 12.8. The first-order chi connectivity index (χ1) is 8.84. The topological polar surface area (TPSA) is 49.4 Å². The Hall–Kier alpha value is -0.910. The van der Waals surface area contributed by atoms with Gasteiger partial charge in [0, 0.05) is 25.7 Å². The second-order valence-electron chi connectivity index (χ2n) is 5.40. The molecule has 2 rings (SSSR count). The van der Waals surface area contributed by atoms with Crippen molar-refractivity contribution in [2.75, 3.05) is 19.6 Å². The van der Waals surface area contributed by atoms with E-state index in [1.165, 1.54) is 0 Å². The zero-order chi connectivity index (χ0) is 14.2. The van der Waals surface area contributed by atoms with E-state index in [2.05, 4.69) is 5.32 Å². The molecule has 0 radical (unpaired) electrons. The summed E-state index contributed by atoms with van der Waals surface area (Å²) in [6.45, 7) is 9.65. The van der Waals surface area contributed by atoms with E-state index in [4.69, 9.17) is 0 Å². The monoisotopic (exact) mass is 282 g/mol. The third kappa shape index (κ3) is 2.68. The summed E-state index contributed by atoms with van der Waals surface area (Å²) in [6.07, 6.45) is 0. The Bertz CT molecular complexity index is 558. The molecule has 19 heavy (non-hydrogen) atoms. The molecule has 1 heterocycles. The molecule has 1 fully saturated rings. The van der Waals surface area contributed by atoms with E-state index in [1.807, 2.05) is 39.8 Å². The van der Waals surface area contributed by atoms with Gasteiger partial charge in [-0.15, -0.1) is 0 Å². The smallest absolute Gasteiger partial charge is 0.243 e. The van der Waals surface area contributed by atoms with E-state index in [1.54, 1.807) is 4.31 Å². The third-order valence-electron chi connectivity index (χ3n) is 3.61. The molecule has 0 spiro atoms. The number of nitrogens with zero attached hydrogens (tertiary/aromatic N) is 1. The highest BCUT2D eigenvalue weighted by Crippen LogP contribution is 2.26. The first-order valence-electron chi connectivity index (χ1n) is 6.64. The molecule has 1 unspecified atom stereocenters. The van der Waals surface area contributed by atoms with Crippen LogP contribution in [0.1, 0.15) is 23.6 Å². The summed E-state index contributed by atoms with van der Waals surface area (Å²) in [5, 5.41) is 3.22. The van der Waals surface area contributed by atoms with Crippen LogP contribution in [0.5, 0.6) is 0 Å². The molecule has 106 valence electrons. The molecule has 1 aromatic rings. The summed E-state index contributed by atoms with van der Waals surface area (Å²) in [5.74, 6) is 0. The largest absolute Gasteiger partial charge is 0.314 e. The van der Waals surface area contributed by atoms with Crippen LogP contribution in [-0.2, 0) is 10.0 Å². The van der Waals surface area contributed by atoms with Crippen LogP contribution in [0.2, 0.25) is 0 Å². The van der Waals surface area contributed by atoms with Gasteiger partial charge < -0.3 is 5.32 Å². The fourth-order valence-electron chi connectivity index (χ4n) is 2.87. The molecule has 0 amide bonds. The number of sulfonamides is 1. The number of piperazine rings is 1. The lowest BCUT2D eigenvalue weighted by atomic mass is 10.1. The van der Waals surface area contributed by atoms with Crippen LogP contribution in [0.15, 0.2) is 17.0 Å². The first-order valence-corrected chi connectivity index (χ1v) is 8.08. The summed E-state index contributed by atoms with van der Waals surface area (Å²) in [7, 11) is -3.40. The lowest BCUT2D eigenvalue weighted by Gasteiger charge is -2.33.